The van der Waals surface area contributed by atoms with Gasteiger partial charge in [-0.2, -0.15) is 0 Å². The van der Waals surface area contributed by atoms with Crippen LogP contribution in [-0.2, 0) is 0 Å². The van der Waals surface area contributed by atoms with E-state index < -0.39 is 0 Å². The third-order valence-electron chi connectivity index (χ3n) is 4.02. The minimum atomic E-state index is 0.0658. The Balaban J connectivity index is 2.19. The molecule has 0 bridgehead atoms. The van der Waals surface area contributed by atoms with Gasteiger partial charge in [0.1, 0.15) is 0 Å². The van der Waals surface area contributed by atoms with Crippen LogP contribution in [0.5, 0.6) is 0 Å². The van der Waals surface area contributed by atoms with Crippen molar-refractivity contribution in [3.63, 3.8) is 0 Å². The van der Waals surface area contributed by atoms with Gasteiger partial charge in [0.15, 0.2) is 0 Å². The Morgan fingerprint density at radius 1 is 1.43 bits per heavy atom. The molecule has 1 N–H and O–H groups in total. The zero-order valence-corrected chi connectivity index (χ0v) is 13.8. The second-order valence-electron chi connectivity index (χ2n) is 5.70. The number of hydrogen-bond donors (Lipinski definition) is 1. The van der Waals surface area contributed by atoms with E-state index in [1.165, 1.54) is 0 Å². The summed E-state index contributed by atoms with van der Waals surface area (Å²) < 4.78 is 0. The molecule has 1 atom stereocenters. The van der Waals surface area contributed by atoms with Crippen molar-refractivity contribution in [3.05, 3.63) is 28.8 Å². The highest BCUT2D eigenvalue weighted by atomic mass is 35.5. The van der Waals surface area contributed by atoms with Gasteiger partial charge in [0.25, 0.3) is 5.91 Å². The van der Waals surface area contributed by atoms with Crippen LogP contribution in [0, 0.1) is 0 Å². The number of hydrogen-bond acceptors (Lipinski definition) is 3. The Morgan fingerprint density at radius 2 is 2.19 bits per heavy atom. The lowest BCUT2D eigenvalue weighted by atomic mass is 10.1. The molecule has 116 valence electrons. The fourth-order valence-corrected chi connectivity index (χ4v) is 2.68. The van der Waals surface area contributed by atoms with Gasteiger partial charge >= 0.3 is 0 Å². The van der Waals surface area contributed by atoms with Crippen molar-refractivity contribution in [2.24, 2.45) is 0 Å². The fourth-order valence-electron chi connectivity index (χ4n) is 2.51. The summed E-state index contributed by atoms with van der Waals surface area (Å²) in [5.74, 6) is 0.0658. The third-order valence-corrected chi connectivity index (χ3v) is 4.26. The number of nitrogens with one attached hydrogen (secondary N) is 1. The molecule has 0 aliphatic carbocycles. The molecule has 4 nitrogen and oxygen atoms in total. The Kier molecular flexibility index (Phi) is 5.48. The summed E-state index contributed by atoms with van der Waals surface area (Å²) in [6.07, 6.45) is 1.02. The quantitative estimate of drug-likeness (QED) is 0.929. The van der Waals surface area contributed by atoms with E-state index in [1.54, 1.807) is 6.07 Å². The third kappa shape index (κ3) is 3.89. The maximum Gasteiger partial charge on any atom is 0.256 e. The Bertz CT molecular complexity index is 506. The van der Waals surface area contributed by atoms with Gasteiger partial charge in [-0.25, -0.2) is 0 Å². The van der Waals surface area contributed by atoms with E-state index in [4.69, 9.17) is 11.6 Å². The van der Waals surface area contributed by atoms with Crippen LogP contribution in [0.1, 0.15) is 30.6 Å². The van der Waals surface area contributed by atoms with Crippen LogP contribution in [0.25, 0.3) is 0 Å². The van der Waals surface area contributed by atoms with Crippen molar-refractivity contribution in [2.75, 3.05) is 38.5 Å². The first-order chi connectivity index (χ1) is 10.0. The summed E-state index contributed by atoms with van der Waals surface area (Å²) in [5.41, 5.74) is 1.55. The van der Waals surface area contributed by atoms with Gasteiger partial charge in [0.05, 0.1) is 5.56 Å². The molecule has 0 aromatic heterocycles. The van der Waals surface area contributed by atoms with Gasteiger partial charge in [-0.05, 0) is 38.6 Å². The maximum absolute atomic E-state index is 12.8. The lowest BCUT2D eigenvalue weighted by Crippen LogP contribution is -2.52. The maximum atomic E-state index is 12.8. The molecular weight excluding hydrogens is 286 g/mol. The number of likely N-dealkylation sites (N-methyl/N-ethyl adjacent to an activating group) is 1. The highest BCUT2D eigenvalue weighted by molar-refractivity contribution is 6.31. The van der Waals surface area contributed by atoms with E-state index in [1.807, 2.05) is 17.0 Å². The van der Waals surface area contributed by atoms with Crippen LogP contribution in [0.15, 0.2) is 18.2 Å². The van der Waals surface area contributed by atoms with Crippen molar-refractivity contribution in [1.82, 2.24) is 9.80 Å². The molecule has 1 aliphatic rings. The van der Waals surface area contributed by atoms with Crippen molar-refractivity contribution in [1.29, 1.82) is 0 Å². The van der Waals surface area contributed by atoms with Crippen LogP contribution in [0.4, 0.5) is 5.69 Å². The molecule has 1 aliphatic heterocycles. The van der Waals surface area contributed by atoms with Crippen LogP contribution in [0.3, 0.4) is 0 Å². The van der Waals surface area contributed by atoms with Gasteiger partial charge in [-0.1, -0.05) is 18.5 Å². The van der Waals surface area contributed by atoms with E-state index in [-0.39, 0.29) is 5.91 Å². The zero-order valence-electron chi connectivity index (χ0n) is 13.0. The summed E-state index contributed by atoms with van der Waals surface area (Å²) in [6, 6.07) is 5.87. The van der Waals surface area contributed by atoms with Crippen molar-refractivity contribution >= 4 is 23.2 Å². The van der Waals surface area contributed by atoms with Crippen LogP contribution >= 0.6 is 11.6 Å². The number of nitrogens with zero attached hydrogens (tertiary/aromatic N) is 2. The van der Waals surface area contributed by atoms with Crippen LogP contribution < -0.4 is 5.32 Å². The minimum Gasteiger partial charge on any atom is -0.384 e. The molecule has 0 radical (unpaired) electrons. The van der Waals surface area contributed by atoms with E-state index >= 15 is 0 Å². The summed E-state index contributed by atoms with van der Waals surface area (Å²) >= 11 is 6.08. The molecule has 21 heavy (non-hydrogen) atoms. The van der Waals surface area contributed by atoms with Gasteiger partial charge in [-0.15, -0.1) is 0 Å². The summed E-state index contributed by atoms with van der Waals surface area (Å²) in [6.45, 7) is 7.53. The monoisotopic (exact) mass is 309 g/mol. The van der Waals surface area contributed by atoms with E-state index in [9.17, 15) is 4.79 Å². The van der Waals surface area contributed by atoms with Gasteiger partial charge in [0, 0.05) is 42.9 Å². The molecule has 1 aromatic rings. The molecule has 2 rings (SSSR count). The number of halogens is 1. The van der Waals surface area contributed by atoms with E-state index in [0.717, 1.165) is 38.3 Å². The first-order valence-electron chi connectivity index (χ1n) is 7.56. The predicted octanol–water partition coefficient (Wildman–Crippen LogP) is 2.94. The predicted molar refractivity (Wildman–Crippen MR) is 88.2 cm³/mol. The van der Waals surface area contributed by atoms with E-state index in [0.29, 0.717) is 16.6 Å². The second-order valence-corrected chi connectivity index (χ2v) is 6.13. The van der Waals surface area contributed by atoms with Crippen molar-refractivity contribution in [3.8, 4) is 0 Å². The molecule has 0 saturated carbocycles. The van der Waals surface area contributed by atoms with Gasteiger partial charge in [0.2, 0.25) is 0 Å². The average molecular weight is 310 g/mol. The summed E-state index contributed by atoms with van der Waals surface area (Å²) in [4.78, 5) is 17.0. The number of benzene rings is 1. The average Bonchev–Trinajstić information content (AvgIpc) is 2.48. The number of piperazine rings is 1. The second kappa shape index (κ2) is 7.14. The SMILES string of the molecule is CCCNc1ccc(Cl)cc1C(=O)N1CCN(C)C(C)C1. The van der Waals surface area contributed by atoms with Crippen LogP contribution in [-0.4, -0.2) is 55.0 Å². The van der Waals surface area contributed by atoms with Crippen molar-refractivity contribution in [2.45, 2.75) is 26.3 Å². The summed E-state index contributed by atoms with van der Waals surface area (Å²) in [5, 5.41) is 3.91. The largest absolute Gasteiger partial charge is 0.384 e. The van der Waals surface area contributed by atoms with Gasteiger partial charge in [-0.3, -0.25) is 4.79 Å². The Morgan fingerprint density at radius 3 is 2.86 bits per heavy atom. The molecule has 1 heterocycles. The molecule has 1 saturated heterocycles. The Hall–Kier alpha value is -1.26. The first kappa shape index (κ1) is 16.1. The zero-order chi connectivity index (χ0) is 15.4. The molecule has 1 amide bonds. The standard InChI is InChI=1S/C16H24ClN3O/c1-4-7-18-15-6-5-13(17)10-14(15)16(21)20-9-8-19(3)12(2)11-20/h5-6,10,12,18H,4,7-9,11H2,1-3H3. The summed E-state index contributed by atoms with van der Waals surface area (Å²) in [7, 11) is 2.10. The lowest BCUT2D eigenvalue weighted by Gasteiger charge is -2.38. The lowest BCUT2D eigenvalue weighted by molar-refractivity contribution is 0.0573. The molecule has 1 unspecified atom stereocenters. The van der Waals surface area contributed by atoms with Crippen LogP contribution in [0.2, 0.25) is 5.02 Å². The number of carbonyl (C=O) groups is 1. The number of rotatable bonds is 4. The van der Waals surface area contributed by atoms with Crippen molar-refractivity contribution < 1.29 is 4.79 Å². The molecule has 0 spiro atoms. The topological polar surface area (TPSA) is 35.6 Å². The fraction of sp³-hybridized carbons (Fsp3) is 0.562. The smallest absolute Gasteiger partial charge is 0.256 e. The van der Waals surface area contributed by atoms with E-state index in [2.05, 4.69) is 31.1 Å². The minimum absolute atomic E-state index is 0.0658. The number of amides is 1. The normalized spacial score (nSPS) is 19.6. The molecule has 1 fully saturated rings. The number of anilines is 1. The highest BCUT2D eigenvalue weighted by Crippen LogP contribution is 2.23. The molecular formula is C16H24ClN3O. The molecule has 1 aromatic carbocycles. The molecule has 5 heteroatoms. The number of carbonyl (C=O) groups excluding carboxylic acids is 1. The van der Waals surface area contributed by atoms with Gasteiger partial charge < -0.3 is 15.1 Å². The first-order valence-corrected chi connectivity index (χ1v) is 7.93. The highest BCUT2D eigenvalue weighted by Gasteiger charge is 2.26. The Labute approximate surface area is 132 Å².